The van der Waals surface area contributed by atoms with E-state index in [-0.39, 0.29) is 51.5 Å². The number of hydrogen-bond acceptors (Lipinski definition) is 7. The lowest BCUT2D eigenvalue weighted by Gasteiger charge is -2.48. The number of alkyl halides is 3. The summed E-state index contributed by atoms with van der Waals surface area (Å²) in [6.07, 6.45) is -2.96. The van der Waals surface area contributed by atoms with Crippen molar-refractivity contribution in [3.05, 3.63) is 52.1 Å². The van der Waals surface area contributed by atoms with Crippen LogP contribution in [0.5, 0.6) is 5.88 Å². The standard InChI is InChI=1S/C31H39ClF3N5O4/c1-18-36-14-25(38(18)5)30(42,21-15-40(16-21)28(41)44-29(2,3)4)20-7-8-24-22(13-20)26(32)23(27(37-24)43-6)17-39-11-9-19(10-12-39)31(33,34)35/h7-8,13-14,19,21,42H,9-12,15-17H2,1-6H3. The largest absolute Gasteiger partial charge is 0.481 e. The van der Waals surface area contributed by atoms with E-state index in [1.165, 1.54) is 7.11 Å². The molecule has 1 amide bonds. The molecule has 4 heterocycles. The Morgan fingerprint density at radius 1 is 1.14 bits per heavy atom. The van der Waals surface area contributed by atoms with Crippen molar-refractivity contribution in [2.24, 2.45) is 18.9 Å². The van der Waals surface area contributed by atoms with Gasteiger partial charge in [-0.25, -0.2) is 14.8 Å². The molecule has 1 aromatic carbocycles. The van der Waals surface area contributed by atoms with E-state index in [0.717, 1.165) is 0 Å². The van der Waals surface area contributed by atoms with Gasteiger partial charge in [-0.15, -0.1) is 0 Å². The first-order chi connectivity index (χ1) is 20.5. The number of amides is 1. The highest BCUT2D eigenvalue weighted by Gasteiger charge is 2.50. The second kappa shape index (κ2) is 11.7. The number of methoxy groups -OCH3 is 1. The van der Waals surface area contributed by atoms with Gasteiger partial charge in [0.1, 0.15) is 17.0 Å². The molecule has 1 unspecified atom stereocenters. The fraction of sp³-hybridized carbons (Fsp3) is 0.581. The molecule has 2 fully saturated rings. The molecule has 5 rings (SSSR count). The lowest BCUT2D eigenvalue weighted by molar-refractivity contribution is -0.185. The summed E-state index contributed by atoms with van der Waals surface area (Å²) in [5, 5.41) is 13.5. The summed E-state index contributed by atoms with van der Waals surface area (Å²) >= 11 is 7.01. The maximum atomic E-state index is 13.2. The van der Waals surface area contributed by atoms with E-state index in [0.29, 0.717) is 44.5 Å². The summed E-state index contributed by atoms with van der Waals surface area (Å²) in [6.45, 7) is 8.61. The van der Waals surface area contributed by atoms with Crippen molar-refractivity contribution in [2.45, 2.75) is 64.5 Å². The highest BCUT2D eigenvalue weighted by atomic mass is 35.5. The van der Waals surface area contributed by atoms with Crippen molar-refractivity contribution in [3.63, 3.8) is 0 Å². The molecule has 0 saturated carbocycles. The SMILES string of the molecule is COc1nc2ccc(C(O)(c3cnc(C)n3C)C3CN(C(=O)OC(C)(C)C)C3)cc2c(Cl)c1CN1CCC(C(F)(F)F)CC1. The molecule has 0 bridgehead atoms. The summed E-state index contributed by atoms with van der Waals surface area (Å²) in [7, 11) is 3.31. The topological polar surface area (TPSA) is 93.0 Å². The van der Waals surface area contributed by atoms with Crippen molar-refractivity contribution in [3.8, 4) is 5.88 Å². The van der Waals surface area contributed by atoms with E-state index >= 15 is 0 Å². The zero-order valence-electron chi connectivity index (χ0n) is 25.8. The number of carbonyl (C=O) groups excluding carboxylic acids is 1. The molecule has 0 spiro atoms. The normalized spacial score (nSPS) is 18.8. The number of rotatable bonds is 6. The van der Waals surface area contributed by atoms with Gasteiger partial charge in [-0.1, -0.05) is 17.7 Å². The Hall–Kier alpha value is -3.09. The van der Waals surface area contributed by atoms with Gasteiger partial charge in [0.25, 0.3) is 0 Å². The van der Waals surface area contributed by atoms with Crippen LogP contribution in [0, 0.1) is 18.8 Å². The highest BCUT2D eigenvalue weighted by molar-refractivity contribution is 6.36. The zero-order chi connectivity index (χ0) is 32.2. The van der Waals surface area contributed by atoms with Crippen LogP contribution in [0.15, 0.2) is 24.4 Å². The average molecular weight is 638 g/mol. The van der Waals surface area contributed by atoms with Crippen LogP contribution in [0.3, 0.4) is 0 Å². The van der Waals surface area contributed by atoms with E-state index in [1.54, 1.807) is 50.1 Å². The van der Waals surface area contributed by atoms with Crippen molar-refractivity contribution in [1.29, 1.82) is 0 Å². The Labute approximate surface area is 259 Å². The third-order valence-corrected chi connectivity index (χ3v) is 9.21. The second-order valence-electron chi connectivity index (χ2n) is 12.8. The van der Waals surface area contributed by atoms with E-state index < -0.39 is 29.4 Å². The van der Waals surface area contributed by atoms with Crippen molar-refractivity contribution in [1.82, 2.24) is 24.3 Å². The van der Waals surface area contributed by atoms with Crippen LogP contribution in [0.1, 0.15) is 56.3 Å². The van der Waals surface area contributed by atoms with Gasteiger partial charge in [0.15, 0.2) is 0 Å². The molecule has 2 aliphatic rings. The zero-order valence-corrected chi connectivity index (χ0v) is 26.6. The van der Waals surface area contributed by atoms with Crippen molar-refractivity contribution in [2.75, 3.05) is 33.3 Å². The molecule has 9 nitrogen and oxygen atoms in total. The van der Waals surface area contributed by atoms with Crippen molar-refractivity contribution < 1.29 is 32.5 Å². The van der Waals surface area contributed by atoms with Crippen LogP contribution in [0.25, 0.3) is 10.9 Å². The fourth-order valence-electron chi connectivity index (χ4n) is 6.09. The van der Waals surface area contributed by atoms with Crippen LogP contribution < -0.4 is 4.74 Å². The Morgan fingerprint density at radius 2 is 1.80 bits per heavy atom. The molecule has 44 heavy (non-hydrogen) atoms. The quantitative estimate of drug-likeness (QED) is 0.364. The summed E-state index contributed by atoms with van der Waals surface area (Å²) in [5.41, 5.74) is 0.0472. The maximum absolute atomic E-state index is 13.2. The number of piperidine rings is 1. The van der Waals surface area contributed by atoms with Gasteiger partial charge in [-0.2, -0.15) is 13.2 Å². The van der Waals surface area contributed by atoms with E-state index in [9.17, 15) is 23.1 Å². The number of pyridine rings is 1. The second-order valence-corrected chi connectivity index (χ2v) is 13.2. The number of ether oxygens (including phenoxy) is 2. The minimum atomic E-state index is -4.20. The van der Waals surface area contributed by atoms with Gasteiger partial charge in [-0.3, -0.25) is 4.90 Å². The van der Waals surface area contributed by atoms with Gasteiger partial charge in [0.2, 0.25) is 5.88 Å². The molecule has 1 atom stereocenters. The number of likely N-dealkylation sites (tertiary alicyclic amines) is 2. The average Bonchev–Trinajstić information content (AvgIpc) is 3.25. The summed E-state index contributed by atoms with van der Waals surface area (Å²) in [6, 6.07) is 5.34. The molecule has 2 aliphatic heterocycles. The maximum Gasteiger partial charge on any atom is 0.410 e. The molecule has 13 heteroatoms. The Bertz CT molecular complexity index is 1540. The predicted molar refractivity (Wildman–Crippen MR) is 160 cm³/mol. The minimum Gasteiger partial charge on any atom is -0.481 e. The van der Waals surface area contributed by atoms with Gasteiger partial charge in [0, 0.05) is 43.5 Å². The molecule has 3 aromatic rings. The molecule has 0 aliphatic carbocycles. The number of fused-ring (bicyclic) bond motifs is 1. The van der Waals surface area contributed by atoms with Crippen LogP contribution in [-0.4, -0.2) is 80.6 Å². The third kappa shape index (κ3) is 6.08. The van der Waals surface area contributed by atoms with Crippen LogP contribution >= 0.6 is 11.6 Å². The predicted octanol–water partition coefficient (Wildman–Crippen LogP) is 5.82. The minimum absolute atomic E-state index is 0.0213. The third-order valence-electron chi connectivity index (χ3n) is 8.78. The fourth-order valence-corrected chi connectivity index (χ4v) is 6.39. The first-order valence-electron chi connectivity index (χ1n) is 14.7. The number of benzene rings is 1. The van der Waals surface area contributed by atoms with E-state index in [1.807, 2.05) is 23.4 Å². The van der Waals surface area contributed by atoms with Gasteiger partial charge in [-0.05, 0) is 71.3 Å². The van der Waals surface area contributed by atoms with Crippen LogP contribution in [0.4, 0.5) is 18.0 Å². The molecule has 2 aromatic heterocycles. The molecule has 240 valence electrons. The summed E-state index contributed by atoms with van der Waals surface area (Å²) in [5.74, 6) is -0.664. The molecular weight excluding hydrogens is 599 g/mol. The van der Waals surface area contributed by atoms with Gasteiger partial charge >= 0.3 is 12.3 Å². The summed E-state index contributed by atoms with van der Waals surface area (Å²) < 4.78 is 52.6. The summed E-state index contributed by atoms with van der Waals surface area (Å²) in [4.78, 5) is 25.3. The Morgan fingerprint density at radius 3 is 2.34 bits per heavy atom. The first-order valence-corrected chi connectivity index (χ1v) is 15.1. The molecule has 1 N–H and O–H groups in total. The van der Waals surface area contributed by atoms with E-state index in [4.69, 9.17) is 21.1 Å². The number of carbonyl (C=O) groups is 1. The number of nitrogens with zero attached hydrogens (tertiary/aromatic N) is 5. The molecule has 2 saturated heterocycles. The lowest BCUT2D eigenvalue weighted by atomic mass is 9.74. The number of aliphatic hydroxyl groups is 1. The lowest BCUT2D eigenvalue weighted by Crippen LogP contribution is -2.59. The Kier molecular flexibility index (Phi) is 8.58. The monoisotopic (exact) mass is 637 g/mol. The number of imidazole rings is 1. The number of aryl methyl sites for hydroxylation is 1. The first kappa shape index (κ1) is 32.3. The smallest absolute Gasteiger partial charge is 0.410 e. The number of halogens is 4. The van der Waals surface area contributed by atoms with Crippen LogP contribution in [-0.2, 0) is 23.9 Å². The van der Waals surface area contributed by atoms with Crippen molar-refractivity contribution >= 4 is 28.6 Å². The van der Waals surface area contributed by atoms with Crippen LogP contribution in [0.2, 0.25) is 5.02 Å². The Balaban J connectivity index is 1.50. The molecule has 0 radical (unpaired) electrons. The number of aromatic nitrogens is 3. The number of hydrogen-bond donors (Lipinski definition) is 1. The van der Waals surface area contributed by atoms with Gasteiger partial charge < -0.3 is 24.0 Å². The van der Waals surface area contributed by atoms with E-state index in [2.05, 4.69) is 9.97 Å². The highest BCUT2D eigenvalue weighted by Crippen LogP contribution is 2.44. The van der Waals surface area contributed by atoms with Gasteiger partial charge in [0.05, 0.1) is 35.5 Å². The molecular formula is C31H39ClF3N5O4.